The van der Waals surface area contributed by atoms with Crippen LogP contribution in [0.4, 0.5) is 5.82 Å². The molecule has 0 unspecified atom stereocenters. The van der Waals surface area contributed by atoms with Crippen molar-refractivity contribution in [3.8, 4) is 0 Å². The molecule has 21 heavy (non-hydrogen) atoms. The van der Waals surface area contributed by atoms with Gasteiger partial charge in [-0.3, -0.25) is 4.79 Å². The minimum atomic E-state index is -0.549. The molecule has 0 saturated carbocycles. The highest BCUT2D eigenvalue weighted by molar-refractivity contribution is 5.92. The van der Waals surface area contributed by atoms with Crippen LogP contribution in [-0.2, 0) is 22.5 Å². The lowest BCUT2D eigenvalue weighted by Crippen LogP contribution is -2.28. The highest BCUT2D eigenvalue weighted by Gasteiger charge is 2.22. The van der Waals surface area contributed by atoms with Gasteiger partial charge in [0, 0.05) is 32.5 Å². The molecule has 0 aliphatic carbocycles. The van der Waals surface area contributed by atoms with Gasteiger partial charge >= 0.3 is 5.97 Å². The summed E-state index contributed by atoms with van der Waals surface area (Å²) in [6.45, 7) is 4.05. The van der Waals surface area contributed by atoms with Gasteiger partial charge in [-0.25, -0.2) is 9.78 Å². The van der Waals surface area contributed by atoms with E-state index in [-0.39, 0.29) is 17.4 Å². The van der Waals surface area contributed by atoms with Gasteiger partial charge in [-0.2, -0.15) is 0 Å². The Hall–Kier alpha value is -2.05. The van der Waals surface area contributed by atoms with Crippen LogP contribution < -0.4 is 5.73 Å². The number of nitrogen functional groups attached to an aromatic ring is 1. The maximum atomic E-state index is 12.1. The Morgan fingerprint density at radius 2 is 2.00 bits per heavy atom. The van der Waals surface area contributed by atoms with Gasteiger partial charge < -0.3 is 19.9 Å². The molecule has 1 amide bonds. The number of carbonyl (C=O) groups excluding carboxylic acids is 2. The third-order valence-electron chi connectivity index (χ3n) is 3.79. The summed E-state index contributed by atoms with van der Waals surface area (Å²) in [4.78, 5) is 29.8. The van der Waals surface area contributed by atoms with Gasteiger partial charge in [-0.15, -0.1) is 0 Å². The predicted octanol–water partition coefficient (Wildman–Crippen LogP) is 0.827. The summed E-state index contributed by atoms with van der Waals surface area (Å²) in [6, 6.07) is 0. The quantitative estimate of drug-likeness (QED) is 0.812. The van der Waals surface area contributed by atoms with Crippen LogP contribution in [0.25, 0.3) is 0 Å². The zero-order valence-electron chi connectivity index (χ0n) is 12.6. The van der Waals surface area contributed by atoms with Crippen LogP contribution in [0.1, 0.15) is 42.5 Å². The second-order valence-corrected chi connectivity index (χ2v) is 5.10. The zero-order valence-corrected chi connectivity index (χ0v) is 12.6. The van der Waals surface area contributed by atoms with Crippen molar-refractivity contribution in [3.63, 3.8) is 0 Å². The lowest BCUT2D eigenvalue weighted by Gasteiger charge is -2.16. The van der Waals surface area contributed by atoms with Crippen molar-refractivity contribution in [1.29, 1.82) is 0 Å². The molecule has 1 aromatic rings. The number of aromatic nitrogens is 2. The SMILES string of the molecule is CCc1nc(C(=O)OC)c(N)n1CCC(=O)N1CCCC1. The third kappa shape index (κ3) is 3.17. The first-order chi connectivity index (χ1) is 10.1. The lowest BCUT2D eigenvalue weighted by atomic mass is 10.3. The number of anilines is 1. The van der Waals surface area contributed by atoms with E-state index in [1.807, 2.05) is 11.8 Å². The van der Waals surface area contributed by atoms with Gasteiger partial charge in [-0.1, -0.05) is 6.92 Å². The number of likely N-dealkylation sites (tertiary alicyclic amines) is 1. The van der Waals surface area contributed by atoms with Crippen molar-refractivity contribution in [2.45, 2.75) is 39.2 Å². The topological polar surface area (TPSA) is 90.4 Å². The highest BCUT2D eigenvalue weighted by atomic mass is 16.5. The van der Waals surface area contributed by atoms with Crippen LogP contribution in [0.5, 0.6) is 0 Å². The van der Waals surface area contributed by atoms with Crippen LogP contribution in [0, 0.1) is 0 Å². The lowest BCUT2D eigenvalue weighted by molar-refractivity contribution is -0.130. The highest BCUT2D eigenvalue weighted by Crippen LogP contribution is 2.18. The summed E-state index contributed by atoms with van der Waals surface area (Å²) < 4.78 is 6.40. The second kappa shape index (κ2) is 6.60. The molecule has 1 aliphatic rings. The molecule has 1 aliphatic heterocycles. The number of esters is 1. The van der Waals surface area contributed by atoms with Crippen molar-refractivity contribution in [3.05, 3.63) is 11.5 Å². The summed E-state index contributed by atoms with van der Waals surface area (Å²) >= 11 is 0. The Kier molecular flexibility index (Phi) is 4.82. The van der Waals surface area contributed by atoms with E-state index in [2.05, 4.69) is 9.72 Å². The van der Waals surface area contributed by atoms with Gasteiger partial charge in [0.1, 0.15) is 11.6 Å². The number of nitrogens with zero attached hydrogens (tertiary/aromatic N) is 3. The molecule has 2 heterocycles. The Morgan fingerprint density at radius 1 is 1.33 bits per heavy atom. The molecular formula is C14H22N4O3. The van der Waals surface area contributed by atoms with Gasteiger partial charge in [0.05, 0.1) is 7.11 Å². The van der Waals surface area contributed by atoms with Crippen molar-refractivity contribution >= 4 is 17.7 Å². The molecule has 1 aromatic heterocycles. The minimum absolute atomic E-state index is 0.127. The standard InChI is InChI=1S/C14H22N4O3/c1-3-10-16-12(14(20)21-2)13(15)18(10)9-6-11(19)17-7-4-5-8-17/h3-9,15H2,1-2H3. The molecule has 7 nitrogen and oxygen atoms in total. The van der Waals surface area contributed by atoms with E-state index in [4.69, 9.17) is 5.73 Å². The summed E-state index contributed by atoms with van der Waals surface area (Å²) in [5.74, 6) is 0.545. The average Bonchev–Trinajstić information content (AvgIpc) is 3.12. The van der Waals surface area contributed by atoms with E-state index in [9.17, 15) is 9.59 Å². The number of carbonyl (C=O) groups is 2. The van der Waals surface area contributed by atoms with Gasteiger partial charge in [-0.05, 0) is 12.8 Å². The fourth-order valence-corrected chi connectivity index (χ4v) is 2.61. The number of hydrogen-bond donors (Lipinski definition) is 1. The molecule has 1 saturated heterocycles. The number of ether oxygens (including phenoxy) is 1. The molecule has 116 valence electrons. The van der Waals surface area contributed by atoms with Crippen LogP contribution in [0.2, 0.25) is 0 Å². The van der Waals surface area contributed by atoms with E-state index in [0.717, 1.165) is 25.9 Å². The third-order valence-corrected chi connectivity index (χ3v) is 3.79. The molecule has 0 bridgehead atoms. The van der Waals surface area contributed by atoms with E-state index < -0.39 is 5.97 Å². The van der Waals surface area contributed by atoms with Crippen molar-refractivity contribution in [2.24, 2.45) is 0 Å². The van der Waals surface area contributed by atoms with E-state index in [1.165, 1.54) is 7.11 Å². The number of rotatable bonds is 5. The first-order valence-corrected chi connectivity index (χ1v) is 7.29. The van der Waals surface area contributed by atoms with Gasteiger partial charge in [0.15, 0.2) is 5.69 Å². The number of imidazole rings is 1. The molecule has 2 N–H and O–H groups in total. The first kappa shape index (κ1) is 15.3. The van der Waals surface area contributed by atoms with Crippen molar-refractivity contribution in [2.75, 3.05) is 25.9 Å². The van der Waals surface area contributed by atoms with Crippen LogP contribution in [0.15, 0.2) is 0 Å². The molecule has 0 atom stereocenters. The number of hydrogen-bond acceptors (Lipinski definition) is 5. The zero-order chi connectivity index (χ0) is 15.4. The van der Waals surface area contributed by atoms with Gasteiger partial charge in [0.25, 0.3) is 0 Å². The number of aryl methyl sites for hydroxylation is 1. The molecule has 0 aromatic carbocycles. The van der Waals surface area contributed by atoms with E-state index in [0.29, 0.717) is 25.2 Å². The number of nitrogens with two attached hydrogens (primary N) is 1. The summed E-state index contributed by atoms with van der Waals surface area (Å²) in [5, 5.41) is 0. The number of amides is 1. The first-order valence-electron chi connectivity index (χ1n) is 7.29. The maximum Gasteiger partial charge on any atom is 0.360 e. The smallest absolute Gasteiger partial charge is 0.360 e. The Morgan fingerprint density at radius 3 is 2.57 bits per heavy atom. The molecule has 1 fully saturated rings. The monoisotopic (exact) mass is 294 g/mol. The second-order valence-electron chi connectivity index (χ2n) is 5.10. The molecule has 2 rings (SSSR count). The van der Waals surface area contributed by atoms with Crippen molar-refractivity contribution in [1.82, 2.24) is 14.5 Å². The van der Waals surface area contributed by atoms with Crippen LogP contribution in [-0.4, -0.2) is 46.5 Å². The van der Waals surface area contributed by atoms with E-state index in [1.54, 1.807) is 4.57 Å². The molecular weight excluding hydrogens is 272 g/mol. The molecule has 0 spiro atoms. The van der Waals surface area contributed by atoms with Crippen LogP contribution in [0.3, 0.4) is 0 Å². The predicted molar refractivity (Wildman–Crippen MR) is 77.8 cm³/mol. The van der Waals surface area contributed by atoms with E-state index >= 15 is 0 Å². The summed E-state index contributed by atoms with van der Waals surface area (Å²) in [5.41, 5.74) is 6.10. The average molecular weight is 294 g/mol. The van der Waals surface area contributed by atoms with Crippen molar-refractivity contribution < 1.29 is 14.3 Å². The Balaban J connectivity index is 2.09. The molecule has 0 radical (unpaired) electrons. The largest absolute Gasteiger partial charge is 0.464 e. The Bertz CT molecular complexity index is 533. The fourth-order valence-electron chi connectivity index (χ4n) is 2.61. The van der Waals surface area contributed by atoms with Gasteiger partial charge in [0.2, 0.25) is 5.91 Å². The maximum absolute atomic E-state index is 12.1. The summed E-state index contributed by atoms with van der Waals surface area (Å²) in [7, 11) is 1.29. The normalized spacial score (nSPS) is 14.5. The van der Waals surface area contributed by atoms with Crippen LogP contribution >= 0.6 is 0 Å². The summed E-state index contributed by atoms with van der Waals surface area (Å²) in [6.07, 6.45) is 3.16. The minimum Gasteiger partial charge on any atom is -0.464 e. The Labute approximate surface area is 124 Å². The molecule has 7 heteroatoms. The number of methoxy groups -OCH3 is 1. The fraction of sp³-hybridized carbons (Fsp3) is 0.643.